The van der Waals surface area contributed by atoms with Gasteiger partial charge in [0.15, 0.2) is 24.7 Å². The number of oxazole rings is 1. The molecule has 1 aromatic heterocycles. The molecule has 4 rings (SSSR count). The minimum atomic E-state index is -0.361. The van der Waals surface area contributed by atoms with Gasteiger partial charge in [0, 0.05) is 11.6 Å². The number of anilines is 1. The minimum Gasteiger partial charge on any atom is -0.485 e. The van der Waals surface area contributed by atoms with Crippen molar-refractivity contribution in [3.05, 3.63) is 71.4 Å². The standard InChI is InChI=1S/C25H25N3O6/c1-15(2)26-25(31)19-12-34-23(27-19)11-28-20-10-17(6-9-22(20)33-14-24(28)30)21(29)13-32-18-7-4-16(3)5-8-18/h4-10,12,15H,11,13-14H2,1-3H3,(H,26,31). The Hall–Kier alpha value is -4.14. The fourth-order valence-electron chi connectivity index (χ4n) is 3.37. The van der Waals surface area contributed by atoms with Crippen LogP contribution in [0.15, 0.2) is 53.1 Å². The smallest absolute Gasteiger partial charge is 0.273 e. The van der Waals surface area contributed by atoms with Gasteiger partial charge in [-0.3, -0.25) is 19.3 Å². The Morgan fingerprint density at radius 2 is 1.94 bits per heavy atom. The highest BCUT2D eigenvalue weighted by Gasteiger charge is 2.28. The van der Waals surface area contributed by atoms with Crippen molar-refractivity contribution in [1.82, 2.24) is 10.3 Å². The number of Topliss-reactive ketones (excluding diaryl/α,β-unsaturated/α-hetero) is 1. The van der Waals surface area contributed by atoms with E-state index in [4.69, 9.17) is 13.9 Å². The third-order valence-electron chi connectivity index (χ3n) is 5.11. The van der Waals surface area contributed by atoms with Crippen LogP contribution in [-0.2, 0) is 11.3 Å². The summed E-state index contributed by atoms with van der Waals surface area (Å²) in [4.78, 5) is 43.1. The lowest BCUT2D eigenvalue weighted by atomic mass is 10.1. The first kappa shape index (κ1) is 23.0. The topological polar surface area (TPSA) is 111 Å². The Morgan fingerprint density at radius 3 is 2.68 bits per heavy atom. The van der Waals surface area contributed by atoms with Crippen LogP contribution < -0.4 is 19.7 Å². The quantitative estimate of drug-likeness (QED) is 0.510. The predicted molar refractivity (Wildman–Crippen MR) is 123 cm³/mol. The molecule has 0 fully saturated rings. The average Bonchev–Trinajstić information content (AvgIpc) is 3.28. The van der Waals surface area contributed by atoms with Gasteiger partial charge in [0.05, 0.1) is 5.69 Å². The number of ketones is 1. The molecule has 2 aromatic carbocycles. The van der Waals surface area contributed by atoms with E-state index in [1.54, 1.807) is 30.3 Å². The average molecular weight is 463 g/mol. The second kappa shape index (κ2) is 9.78. The van der Waals surface area contributed by atoms with Gasteiger partial charge in [-0.15, -0.1) is 0 Å². The third-order valence-corrected chi connectivity index (χ3v) is 5.11. The summed E-state index contributed by atoms with van der Waals surface area (Å²) >= 11 is 0. The SMILES string of the molecule is Cc1ccc(OCC(=O)c2ccc3c(c2)N(Cc2nc(C(=O)NC(C)C)co2)C(=O)CO3)cc1. The lowest BCUT2D eigenvalue weighted by Gasteiger charge is -2.28. The highest BCUT2D eigenvalue weighted by molar-refractivity contribution is 6.02. The summed E-state index contributed by atoms with van der Waals surface area (Å²) in [5.41, 5.74) is 2.01. The molecule has 0 aliphatic carbocycles. The van der Waals surface area contributed by atoms with E-state index in [2.05, 4.69) is 10.3 Å². The second-order valence-corrected chi connectivity index (χ2v) is 8.23. The van der Waals surface area contributed by atoms with Gasteiger partial charge in [-0.2, -0.15) is 0 Å². The highest BCUT2D eigenvalue weighted by atomic mass is 16.5. The van der Waals surface area contributed by atoms with Gasteiger partial charge >= 0.3 is 0 Å². The minimum absolute atomic E-state index is 0.0122. The number of amides is 2. The van der Waals surface area contributed by atoms with Crippen LogP contribution in [0.1, 0.15) is 46.1 Å². The van der Waals surface area contributed by atoms with Gasteiger partial charge in [-0.25, -0.2) is 4.98 Å². The Labute approximate surface area is 196 Å². The molecule has 1 N–H and O–H groups in total. The van der Waals surface area contributed by atoms with Crippen LogP contribution in [0.4, 0.5) is 5.69 Å². The highest BCUT2D eigenvalue weighted by Crippen LogP contribution is 2.34. The number of nitrogens with zero attached hydrogens (tertiary/aromatic N) is 2. The summed E-state index contributed by atoms with van der Waals surface area (Å²) < 4.78 is 16.5. The van der Waals surface area contributed by atoms with Crippen LogP contribution >= 0.6 is 0 Å². The number of fused-ring (bicyclic) bond motifs is 1. The molecule has 0 bridgehead atoms. The van der Waals surface area contributed by atoms with Crippen LogP contribution in [0, 0.1) is 6.92 Å². The number of aryl methyl sites for hydroxylation is 1. The van der Waals surface area contributed by atoms with Crippen molar-refractivity contribution >= 4 is 23.3 Å². The summed E-state index contributed by atoms with van der Waals surface area (Å²) in [5, 5.41) is 2.74. The van der Waals surface area contributed by atoms with Crippen molar-refractivity contribution in [2.75, 3.05) is 18.1 Å². The van der Waals surface area contributed by atoms with Crippen molar-refractivity contribution in [3.63, 3.8) is 0 Å². The third kappa shape index (κ3) is 5.25. The van der Waals surface area contributed by atoms with Crippen molar-refractivity contribution in [2.24, 2.45) is 0 Å². The van der Waals surface area contributed by atoms with Crippen molar-refractivity contribution < 1.29 is 28.3 Å². The molecule has 9 heteroatoms. The number of hydrogen-bond acceptors (Lipinski definition) is 7. The van der Waals surface area contributed by atoms with Crippen LogP contribution in [0.3, 0.4) is 0 Å². The van der Waals surface area contributed by atoms with E-state index >= 15 is 0 Å². The molecule has 2 amide bonds. The Bertz CT molecular complexity index is 1220. The van der Waals surface area contributed by atoms with Crippen molar-refractivity contribution in [3.8, 4) is 11.5 Å². The largest absolute Gasteiger partial charge is 0.485 e. The van der Waals surface area contributed by atoms with E-state index < -0.39 is 0 Å². The van der Waals surface area contributed by atoms with Crippen LogP contribution in [-0.4, -0.2) is 41.8 Å². The fraction of sp³-hybridized carbons (Fsp3) is 0.280. The monoisotopic (exact) mass is 463 g/mol. The molecule has 0 radical (unpaired) electrons. The van der Waals surface area contributed by atoms with E-state index in [1.807, 2.05) is 32.9 Å². The molecular weight excluding hydrogens is 438 g/mol. The molecule has 3 aromatic rings. The van der Waals surface area contributed by atoms with E-state index in [-0.39, 0.29) is 55.0 Å². The molecule has 176 valence electrons. The summed E-state index contributed by atoms with van der Waals surface area (Å²) in [5.74, 6) is 0.317. The molecular formula is C25H25N3O6. The van der Waals surface area contributed by atoms with Gasteiger partial charge in [0.25, 0.3) is 11.8 Å². The maximum atomic E-state index is 12.7. The van der Waals surface area contributed by atoms with Gasteiger partial charge in [-0.1, -0.05) is 17.7 Å². The summed E-state index contributed by atoms with van der Waals surface area (Å²) in [6, 6.07) is 12.2. The summed E-state index contributed by atoms with van der Waals surface area (Å²) in [6.07, 6.45) is 1.25. The van der Waals surface area contributed by atoms with Gasteiger partial charge < -0.3 is 19.2 Å². The summed E-state index contributed by atoms with van der Waals surface area (Å²) in [7, 11) is 0. The molecule has 2 heterocycles. The van der Waals surface area contributed by atoms with E-state index in [0.717, 1.165) is 5.56 Å². The Morgan fingerprint density at radius 1 is 1.18 bits per heavy atom. The first-order valence-electron chi connectivity index (χ1n) is 10.9. The Balaban J connectivity index is 1.50. The fourth-order valence-corrected chi connectivity index (χ4v) is 3.37. The number of nitrogens with one attached hydrogen (secondary N) is 1. The van der Waals surface area contributed by atoms with Crippen molar-refractivity contribution in [2.45, 2.75) is 33.4 Å². The summed E-state index contributed by atoms with van der Waals surface area (Å²) in [6.45, 7) is 5.33. The molecule has 0 saturated heterocycles. The maximum absolute atomic E-state index is 12.7. The molecule has 34 heavy (non-hydrogen) atoms. The molecule has 0 unspecified atom stereocenters. The number of aromatic nitrogens is 1. The second-order valence-electron chi connectivity index (χ2n) is 8.23. The molecule has 1 aliphatic heterocycles. The number of carbonyl (C=O) groups excluding carboxylic acids is 3. The van der Waals surface area contributed by atoms with E-state index in [9.17, 15) is 14.4 Å². The first-order chi connectivity index (χ1) is 16.3. The first-order valence-corrected chi connectivity index (χ1v) is 10.9. The lowest BCUT2D eigenvalue weighted by Crippen LogP contribution is -2.38. The number of ether oxygens (including phenoxy) is 2. The molecule has 1 aliphatic rings. The van der Waals surface area contributed by atoms with E-state index in [1.165, 1.54) is 11.2 Å². The lowest BCUT2D eigenvalue weighted by molar-refractivity contribution is -0.121. The van der Waals surface area contributed by atoms with Gasteiger partial charge in [0.2, 0.25) is 5.89 Å². The Kier molecular flexibility index (Phi) is 6.62. The normalized spacial score (nSPS) is 12.8. The molecule has 0 saturated carbocycles. The van der Waals surface area contributed by atoms with Crippen LogP contribution in [0.25, 0.3) is 0 Å². The zero-order valence-corrected chi connectivity index (χ0v) is 19.2. The number of rotatable bonds is 8. The van der Waals surface area contributed by atoms with Gasteiger partial charge in [-0.05, 0) is 51.1 Å². The zero-order chi connectivity index (χ0) is 24.2. The van der Waals surface area contributed by atoms with Gasteiger partial charge in [0.1, 0.15) is 24.3 Å². The predicted octanol–water partition coefficient (Wildman–Crippen LogP) is 3.31. The number of carbonyl (C=O) groups is 3. The van der Waals surface area contributed by atoms with Crippen LogP contribution in [0.5, 0.6) is 11.5 Å². The van der Waals surface area contributed by atoms with Crippen LogP contribution in [0.2, 0.25) is 0 Å². The van der Waals surface area contributed by atoms with E-state index in [0.29, 0.717) is 22.7 Å². The molecule has 9 nitrogen and oxygen atoms in total. The number of benzene rings is 2. The molecule has 0 spiro atoms. The van der Waals surface area contributed by atoms with Crippen molar-refractivity contribution in [1.29, 1.82) is 0 Å². The molecule has 0 atom stereocenters. The maximum Gasteiger partial charge on any atom is 0.273 e. The number of hydrogen-bond donors (Lipinski definition) is 1. The zero-order valence-electron chi connectivity index (χ0n) is 19.2.